The molecule has 0 saturated carbocycles. The molecule has 1 fully saturated rings. The van der Waals surface area contributed by atoms with Crippen LogP contribution in [0.2, 0.25) is 5.02 Å². The molecule has 3 N–H and O–H groups in total. The van der Waals surface area contributed by atoms with Crippen LogP contribution in [0.5, 0.6) is 0 Å². The van der Waals surface area contributed by atoms with Crippen molar-refractivity contribution in [3.8, 4) is 0 Å². The van der Waals surface area contributed by atoms with Gasteiger partial charge in [0.1, 0.15) is 0 Å². The minimum absolute atomic E-state index is 0.0537. The molecule has 0 aliphatic carbocycles. The first-order chi connectivity index (χ1) is 9.90. The van der Waals surface area contributed by atoms with Gasteiger partial charge in [0, 0.05) is 5.41 Å². The number of para-hydroxylation sites is 1. The van der Waals surface area contributed by atoms with Crippen molar-refractivity contribution in [3.05, 3.63) is 29.3 Å². The van der Waals surface area contributed by atoms with E-state index >= 15 is 0 Å². The molecular formula is C15H20ClN3OS. The Morgan fingerprint density at radius 1 is 1.43 bits per heavy atom. The molecule has 1 aromatic rings. The van der Waals surface area contributed by atoms with Crippen LogP contribution in [0.4, 0.5) is 5.69 Å². The van der Waals surface area contributed by atoms with E-state index in [9.17, 15) is 4.79 Å². The maximum absolute atomic E-state index is 12.1. The molecule has 114 valence electrons. The number of carbonyl (C=O) groups excluding carboxylic acids is 1. The third-order valence-corrected chi connectivity index (χ3v) is 4.89. The fourth-order valence-electron chi connectivity index (χ4n) is 2.41. The molecule has 0 aromatic heterocycles. The summed E-state index contributed by atoms with van der Waals surface area (Å²) in [5.41, 5.74) is 6.35. The number of likely N-dealkylation sites (tertiary alicyclic amines) is 1. The van der Waals surface area contributed by atoms with E-state index in [2.05, 4.69) is 17.1 Å². The number of nitrogens with zero attached hydrogens (tertiary/aromatic N) is 1. The van der Waals surface area contributed by atoms with Crippen LogP contribution in [0.3, 0.4) is 0 Å². The SMILES string of the molecule is CC1(C(N)=S)CCN(CC(=O)Nc2ccccc2Cl)CC1. The fraction of sp³-hybridized carbons (Fsp3) is 0.467. The first-order valence-electron chi connectivity index (χ1n) is 6.97. The molecule has 0 bridgehead atoms. The zero-order valence-corrected chi connectivity index (χ0v) is 13.6. The van der Waals surface area contributed by atoms with Crippen LogP contribution in [0.25, 0.3) is 0 Å². The van der Waals surface area contributed by atoms with Gasteiger partial charge in [0.2, 0.25) is 5.91 Å². The van der Waals surface area contributed by atoms with E-state index in [1.165, 1.54) is 0 Å². The van der Waals surface area contributed by atoms with Gasteiger partial charge in [-0.3, -0.25) is 9.69 Å². The summed E-state index contributed by atoms with van der Waals surface area (Å²) in [5, 5.41) is 3.38. The largest absolute Gasteiger partial charge is 0.393 e. The van der Waals surface area contributed by atoms with Gasteiger partial charge in [-0.25, -0.2) is 0 Å². The molecule has 1 aromatic carbocycles. The van der Waals surface area contributed by atoms with Gasteiger partial charge in [0.25, 0.3) is 0 Å². The van der Waals surface area contributed by atoms with Crippen molar-refractivity contribution in [2.24, 2.45) is 11.1 Å². The molecule has 0 spiro atoms. The minimum Gasteiger partial charge on any atom is -0.393 e. The van der Waals surface area contributed by atoms with Gasteiger partial charge >= 0.3 is 0 Å². The predicted octanol–water partition coefficient (Wildman–Crippen LogP) is 2.67. The number of rotatable bonds is 4. The van der Waals surface area contributed by atoms with E-state index in [0.29, 0.717) is 22.2 Å². The highest BCUT2D eigenvalue weighted by Crippen LogP contribution is 2.31. The Balaban J connectivity index is 1.85. The van der Waals surface area contributed by atoms with Crippen molar-refractivity contribution in [1.29, 1.82) is 0 Å². The maximum Gasteiger partial charge on any atom is 0.238 e. The molecule has 1 saturated heterocycles. The highest BCUT2D eigenvalue weighted by Gasteiger charge is 2.33. The first-order valence-corrected chi connectivity index (χ1v) is 7.76. The van der Waals surface area contributed by atoms with Crippen molar-refractivity contribution in [2.45, 2.75) is 19.8 Å². The van der Waals surface area contributed by atoms with Crippen LogP contribution in [-0.2, 0) is 4.79 Å². The molecule has 2 rings (SSSR count). The van der Waals surface area contributed by atoms with Crippen LogP contribution in [-0.4, -0.2) is 35.4 Å². The third-order valence-electron chi connectivity index (χ3n) is 4.07. The standard InChI is InChI=1S/C15H20ClN3OS/c1-15(14(17)21)6-8-19(9-7-15)10-13(20)18-12-5-3-2-4-11(12)16/h2-5H,6-10H2,1H3,(H2,17,21)(H,18,20). The monoisotopic (exact) mass is 325 g/mol. The van der Waals surface area contributed by atoms with Gasteiger partial charge in [-0.05, 0) is 38.1 Å². The Bertz CT molecular complexity index is 541. The molecule has 6 heteroatoms. The Morgan fingerprint density at radius 2 is 2.05 bits per heavy atom. The van der Waals surface area contributed by atoms with Crippen molar-refractivity contribution < 1.29 is 4.79 Å². The summed E-state index contributed by atoms with van der Waals surface area (Å²) in [5.74, 6) is -0.0537. The average molecular weight is 326 g/mol. The summed E-state index contributed by atoms with van der Waals surface area (Å²) in [4.78, 5) is 14.8. The number of carbonyl (C=O) groups is 1. The highest BCUT2D eigenvalue weighted by molar-refractivity contribution is 7.80. The first kappa shape index (κ1) is 16.2. The second kappa shape index (κ2) is 6.73. The number of nitrogens with two attached hydrogens (primary N) is 1. The van der Waals surface area contributed by atoms with Gasteiger partial charge < -0.3 is 11.1 Å². The molecule has 4 nitrogen and oxygen atoms in total. The van der Waals surface area contributed by atoms with Crippen molar-refractivity contribution in [2.75, 3.05) is 25.0 Å². The lowest BCUT2D eigenvalue weighted by molar-refractivity contribution is -0.117. The van der Waals surface area contributed by atoms with Crippen LogP contribution in [0.1, 0.15) is 19.8 Å². The van der Waals surface area contributed by atoms with Crippen LogP contribution in [0, 0.1) is 5.41 Å². The van der Waals surface area contributed by atoms with E-state index in [1.807, 2.05) is 12.1 Å². The van der Waals surface area contributed by atoms with E-state index < -0.39 is 0 Å². The summed E-state index contributed by atoms with van der Waals surface area (Å²) in [6, 6.07) is 7.22. The highest BCUT2D eigenvalue weighted by atomic mass is 35.5. The predicted molar refractivity (Wildman–Crippen MR) is 90.6 cm³/mol. The quantitative estimate of drug-likeness (QED) is 0.836. The molecule has 1 aliphatic rings. The molecular weight excluding hydrogens is 306 g/mol. The zero-order valence-electron chi connectivity index (χ0n) is 12.1. The number of amides is 1. The number of hydrogen-bond acceptors (Lipinski definition) is 3. The Hall–Kier alpha value is -1.17. The smallest absolute Gasteiger partial charge is 0.238 e. The normalized spacial score (nSPS) is 18.2. The van der Waals surface area contributed by atoms with Gasteiger partial charge in [-0.1, -0.05) is 42.9 Å². The summed E-state index contributed by atoms with van der Waals surface area (Å²) in [7, 11) is 0. The van der Waals surface area contributed by atoms with Gasteiger partial charge in [0.15, 0.2) is 0 Å². The van der Waals surface area contributed by atoms with E-state index in [1.54, 1.807) is 12.1 Å². The molecule has 1 aliphatic heterocycles. The maximum atomic E-state index is 12.1. The Morgan fingerprint density at radius 3 is 2.62 bits per heavy atom. The number of halogens is 1. The third kappa shape index (κ3) is 4.15. The number of benzene rings is 1. The Labute approximate surface area is 135 Å². The summed E-state index contributed by atoms with van der Waals surface area (Å²) >= 11 is 11.1. The molecule has 1 amide bonds. The Kier molecular flexibility index (Phi) is 5.19. The van der Waals surface area contributed by atoms with Crippen molar-refractivity contribution in [3.63, 3.8) is 0 Å². The van der Waals surface area contributed by atoms with E-state index in [4.69, 9.17) is 29.6 Å². The topological polar surface area (TPSA) is 58.4 Å². The lowest BCUT2D eigenvalue weighted by atomic mass is 9.80. The second-order valence-electron chi connectivity index (χ2n) is 5.73. The summed E-state index contributed by atoms with van der Waals surface area (Å²) in [6.07, 6.45) is 1.78. The molecule has 0 atom stereocenters. The zero-order chi connectivity index (χ0) is 15.5. The molecule has 1 heterocycles. The van der Waals surface area contributed by atoms with Gasteiger partial charge in [-0.2, -0.15) is 0 Å². The van der Waals surface area contributed by atoms with Gasteiger partial charge in [0.05, 0.1) is 22.2 Å². The number of piperidine rings is 1. The van der Waals surface area contributed by atoms with Crippen LogP contribution in [0.15, 0.2) is 24.3 Å². The summed E-state index contributed by atoms with van der Waals surface area (Å²) < 4.78 is 0. The number of hydrogen-bond donors (Lipinski definition) is 2. The second-order valence-corrected chi connectivity index (χ2v) is 6.58. The van der Waals surface area contributed by atoms with E-state index in [-0.39, 0.29) is 11.3 Å². The lowest BCUT2D eigenvalue weighted by Gasteiger charge is -2.38. The van der Waals surface area contributed by atoms with Gasteiger partial charge in [-0.15, -0.1) is 0 Å². The van der Waals surface area contributed by atoms with Crippen molar-refractivity contribution >= 4 is 40.4 Å². The molecule has 0 unspecified atom stereocenters. The average Bonchev–Trinajstić information content (AvgIpc) is 2.44. The van der Waals surface area contributed by atoms with E-state index in [0.717, 1.165) is 25.9 Å². The summed E-state index contributed by atoms with van der Waals surface area (Å²) in [6.45, 7) is 4.10. The number of anilines is 1. The van der Waals surface area contributed by atoms with Crippen molar-refractivity contribution in [1.82, 2.24) is 4.90 Å². The molecule has 0 radical (unpaired) electrons. The van der Waals surface area contributed by atoms with Crippen LogP contribution >= 0.6 is 23.8 Å². The molecule has 21 heavy (non-hydrogen) atoms. The lowest BCUT2D eigenvalue weighted by Crippen LogP contribution is -2.46. The fourth-order valence-corrected chi connectivity index (χ4v) is 2.79. The number of thiocarbonyl (C=S) groups is 1. The van der Waals surface area contributed by atoms with Crippen LogP contribution < -0.4 is 11.1 Å². The number of nitrogens with one attached hydrogen (secondary N) is 1. The minimum atomic E-state index is -0.0783.